The number of nitrogens with one attached hydrogen (secondary N) is 2. The summed E-state index contributed by atoms with van der Waals surface area (Å²) in [5.41, 5.74) is 0.254. The summed E-state index contributed by atoms with van der Waals surface area (Å²) in [7, 11) is 1.67. The van der Waals surface area contributed by atoms with E-state index in [0.717, 1.165) is 11.0 Å². The van der Waals surface area contributed by atoms with Crippen molar-refractivity contribution < 1.29 is 9.13 Å². The van der Waals surface area contributed by atoms with Crippen LogP contribution in [0.1, 0.15) is 26.3 Å². The van der Waals surface area contributed by atoms with Crippen LogP contribution in [0.15, 0.2) is 27.7 Å². The van der Waals surface area contributed by atoms with Gasteiger partial charge in [-0.25, -0.2) is 9.38 Å². The molecule has 0 spiro atoms. The Hall–Kier alpha value is -1.14. The fourth-order valence-corrected chi connectivity index (χ4v) is 1.95. The molecular formula is C15H23BrFN3O. The maximum atomic E-state index is 13.7. The second-order valence-electron chi connectivity index (χ2n) is 5.25. The minimum atomic E-state index is -0.294. The molecule has 118 valence electrons. The normalized spacial score (nSPS) is 12.4. The molecule has 6 heteroatoms. The van der Waals surface area contributed by atoms with Gasteiger partial charge in [0.15, 0.2) is 5.96 Å². The van der Waals surface area contributed by atoms with E-state index in [0.29, 0.717) is 18.1 Å². The molecule has 0 amide bonds. The minimum Gasteiger partial charge on any atom is -0.377 e. The number of guanidine groups is 1. The molecule has 0 fully saturated rings. The molecule has 1 aromatic carbocycles. The van der Waals surface area contributed by atoms with Crippen molar-refractivity contribution in [1.82, 2.24) is 10.6 Å². The highest BCUT2D eigenvalue weighted by molar-refractivity contribution is 9.10. The lowest BCUT2D eigenvalue weighted by Crippen LogP contribution is -2.45. The van der Waals surface area contributed by atoms with Crippen LogP contribution in [0.4, 0.5) is 4.39 Å². The zero-order valence-electron chi connectivity index (χ0n) is 13.0. The molecule has 0 aromatic heterocycles. The van der Waals surface area contributed by atoms with E-state index in [1.165, 1.54) is 6.07 Å². The smallest absolute Gasteiger partial charge is 0.191 e. The maximum Gasteiger partial charge on any atom is 0.191 e. The molecule has 0 saturated carbocycles. The van der Waals surface area contributed by atoms with E-state index >= 15 is 0 Å². The third-order valence-corrected chi connectivity index (χ3v) is 3.49. The van der Waals surface area contributed by atoms with Gasteiger partial charge >= 0.3 is 0 Å². The lowest BCUT2D eigenvalue weighted by molar-refractivity contribution is 0.0268. The van der Waals surface area contributed by atoms with E-state index in [2.05, 4.69) is 31.6 Å². The van der Waals surface area contributed by atoms with Gasteiger partial charge in [-0.1, -0.05) is 15.9 Å². The second-order valence-corrected chi connectivity index (χ2v) is 6.16. The highest BCUT2D eigenvalue weighted by Gasteiger charge is 2.16. The number of benzene rings is 1. The number of methoxy groups -OCH3 is 1. The molecule has 0 bridgehead atoms. The Bertz CT molecular complexity index is 492. The van der Waals surface area contributed by atoms with Crippen LogP contribution in [0.25, 0.3) is 0 Å². The first-order chi connectivity index (χ1) is 9.88. The monoisotopic (exact) mass is 359 g/mol. The molecule has 21 heavy (non-hydrogen) atoms. The van der Waals surface area contributed by atoms with Crippen molar-refractivity contribution in [2.75, 3.05) is 20.2 Å². The summed E-state index contributed by atoms with van der Waals surface area (Å²) in [4.78, 5) is 4.40. The van der Waals surface area contributed by atoms with Crippen LogP contribution in [-0.4, -0.2) is 31.8 Å². The van der Waals surface area contributed by atoms with E-state index < -0.39 is 0 Å². The third kappa shape index (κ3) is 6.44. The van der Waals surface area contributed by atoms with Gasteiger partial charge in [-0.2, -0.15) is 0 Å². The predicted octanol–water partition coefficient (Wildman–Crippen LogP) is 3.07. The molecule has 0 heterocycles. The molecule has 1 rings (SSSR count). The van der Waals surface area contributed by atoms with Crippen LogP contribution in [0.2, 0.25) is 0 Å². The highest BCUT2D eigenvalue weighted by Crippen LogP contribution is 2.16. The molecule has 0 aliphatic heterocycles. The van der Waals surface area contributed by atoms with Gasteiger partial charge in [-0.15, -0.1) is 0 Å². The van der Waals surface area contributed by atoms with Gasteiger partial charge in [-0.05, 0) is 39.0 Å². The van der Waals surface area contributed by atoms with E-state index in [4.69, 9.17) is 4.74 Å². The van der Waals surface area contributed by atoms with E-state index in [1.807, 2.05) is 20.8 Å². The summed E-state index contributed by atoms with van der Waals surface area (Å²) in [6, 6.07) is 4.85. The summed E-state index contributed by atoms with van der Waals surface area (Å²) in [5, 5.41) is 6.33. The Morgan fingerprint density at radius 1 is 1.38 bits per heavy atom. The first kappa shape index (κ1) is 17.9. The number of halogens is 2. The number of aliphatic imine (C=N–C) groups is 1. The van der Waals surface area contributed by atoms with Gasteiger partial charge in [0.25, 0.3) is 0 Å². The van der Waals surface area contributed by atoms with Crippen molar-refractivity contribution in [3.8, 4) is 0 Å². The van der Waals surface area contributed by atoms with E-state index in [9.17, 15) is 4.39 Å². The van der Waals surface area contributed by atoms with Crippen LogP contribution in [-0.2, 0) is 11.3 Å². The minimum absolute atomic E-state index is 0.255. The maximum absolute atomic E-state index is 13.7. The molecule has 1 aromatic rings. The van der Waals surface area contributed by atoms with Gasteiger partial charge in [-0.3, -0.25) is 0 Å². The van der Waals surface area contributed by atoms with Crippen LogP contribution < -0.4 is 10.6 Å². The molecule has 4 nitrogen and oxygen atoms in total. The van der Waals surface area contributed by atoms with Gasteiger partial charge in [0, 0.05) is 30.2 Å². The molecule has 2 N–H and O–H groups in total. The lowest BCUT2D eigenvalue weighted by Gasteiger charge is -2.24. The molecule has 0 saturated heterocycles. The predicted molar refractivity (Wildman–Crippen MR) is 88.0 cm³/mol. The average Bonchev–Trinajstić information content (AvgIpc) is 2.45. The summed E-state index contributed by atoms with van der Waals surface area (Å²) < 4.78 is 19.9. The molecule has 0 aliphatic carbocycles. The topological polar surface area (TPSA) is 45.7 Å². The average molecular weight is 360 g/mol. The Morgan fingerprint density at radius 3 is 2.71 bits per heavy atom. The fourth-order valence-electron chi connectivity index (χ4n) is 1.54. The zero-order valence-corrected chi connectivity index (χ0v) is 14.6. The van der Waals surface area contributed by atoms with Crippen molar-refractivity contribution in [1.29, 1.82) is 0 Å². The van der Waals surface area contributed by atoms with Gasteiger partial charge < -0.3 is 15.4 Å². The quantitative estimate of drug-likeness (QED) is 0.606. The number of nitrogens with zero attached hydrogens (tertiary/aromatic N) is 1. The first-order valence-electron chi connectivity index (χ1n) is 6.89. The second kappa shape index (κ2) is 8.34. The Morgan fingerprint density at radius 2 is 2.10 bits per heavy atom. The number of rotatable bonds is 6. The van der Waals surface area contributed by atoms with Crippen molar-refractivity contribution in [2.45, 2.75) is 32.9 Å². The van der Waals surface area contributed by atoms with Crippen LogP contribution in [0.5, 0.6) is 0 Å². The Kier molecular flexibility index (Phi) is 7.11. The number of hydrogen-bond acceptors (Lipinski definition) is 2. The SMILES string of the molecule is CCNC(=NCc1cc(Br)ccc1F)NCC(C)(C)OC. The molecular weight excluding hydrogens is 337 g/mol. The lowest BCUT2D eigenvalue weighted by atomic mass is 10.1. The highest BCUT2D eigenvalue weighted by atomic mass is 79.9. The molecule has 0 unspecified atom stereocenters. The summed E-state index contributed by atoms with van der Waals surface area (Å²) in [5.74, 6) is 0.386. The zero-order chi connectivity index (χ0) is 15.9. The van der Waals surface area contributed by atoms with Crippen molar-refractivity contribution in [2.24, 2.45) is 4.99 Å². The van der Waals surface area contributed by atoms with Crippen LogP contribution in [0.3, 0.4) is 0 Å². The third-order valence-electron chi connectivity index (χ3n) is 2.99. The van der Waals surface area contributed by atoms with Crippen LogP contribution in [0, 0.1) is 5.82 Å². The van der Waals surface area contributed by atoms with Crippen molar-refractivity contribution in [3.05, 3.63) is 34.1 Å². The number of ether oxygens (including phenoxy) is 1. The molecule has 0 atom stereocenters. The summed E-state index contributed by atoms with van der Waals surface area (Å²) in [6.45, 7) is 7.57. The largest absolute Gasteiger partial charge is 0.377 e. The van der Waals surface area contributed by atoms with Crippen molar-refractivity contribution in [3.63, 3.8) is 0 Å². The first-order valence-corrected chi connectivity index (χ1v) is 7.68. The van der Waals surface area contributed by atoms with Crippen LogP contribution >= 0.6 is 15.9 Å². The van der Waals surface area contributed by atoms with Gasteiger partial charge in [0.05, 0.1) is 12.1 Å². The fraction of sp³-hybridized carbons (Fsp3) is 0.533. The molecule has 0 aliphatic rings. The van der Waals surface area contributed by atoms with Gasteiger partial charge in [0.2, 0.25) is 0 Å². The van der Waals surface area contributed by atoms with Crippen molar-refractivity contribution >= 4 is 21.9 Å². The van der Waals surface area contributed by atoms with E-state index in [-0.39, 0.29) is 18.0 Å². The summed E-state index contributed by atoms with van der Waals surface area (Å²) >= 11 is 3.34. The summed E-state index contributed by atoms with van der Waals surface area (Å²) in [6.07, 6.45) is 0. The molecule has 0 radical (unpaired) electrons. The Labute approximate surface area is 134 Å². The Balaban J connectivity index is 2.73. The van der Waals surface area contributed by atoms with Gasteiger partial charge in [0.1, 0.15) is 5.82 Å². The van der Waals surface area contributed by atoms with E-state index in [1.54, 1.807) is 19.2 Å². The number of hydrogen-bond donors (Lipinski definition) is 2. The standard InChI is InChI=1S/C15H23BrFN3O/c1-5-18-14(20-10-15(2,3)21-4)19-9-11-8-12(16)6-7-13(11)17/h6-8H,5,9-10H2,1-4H3,(H2,18,19,20).